The number of benzene rings is 1. The summed E-state index contributed by atoms with van der Waals surface area (Å²) < 4.78 is 10.4. The third-order valence-corrected chi connectivity index (χ3v) is 3.66. The van der Waals surface area contributed by atoms with Gasteiger partial charge in [0.1, 0.15) is 5.75 Å². The minimum atomic E-state index is -0.516. The largest absolute Gasteiger partial charge is 0.497 e. The molecule has 19 heavy (non-hydrogen) atoms. The van der Waals surface area contributed by atoms with Crippen molar-refractivity contribution in [3.05, 3.63) is 30.2 Å². The molecule has 1 aromatic carbocycles. The van der Waals surface area contributed by atoms with Crippen LogP contribution < -0.4 is 10.5 Å². The van der Waals surface area contributed by atoms with E-state index in [2.05, 4.69) is 10.1 Å². The summed E-state index contributed by atoms with van der Waals surface area (Å²) in [7, 11) is 1.64. The minimum absolute atomic E-state index is 0.455. The number of aromatic nitrogens is 2. The van der Waals surface area contributed by atoms with E-state index in [1.54, 1.807) is 7.11 Å². The Morgan fingerprint density at radius 3 is 2.58 bits per heavy atom. The van der Waals surface area contributed by atoms with Crippen LogP contribution in [0.25, 0.3) is 11.4 Å². The Balaban J connectivity index is 1.87. The van der Waals surface area contributed by atoms with Crippen LogP contribution in [-0.4, -0.2) is 17.3 Å². The summed E-state index contributed by atoms with van der Waals surface area (Å²) in [5.74, 6) is 2.33. The van der Waals surface area contributed by atoms with Crippen molar-refractivity contribution in [1.29, 1.82) is 0 Å². The van der Waals surface area contributed by atoms with Gasteiger partial charge in [-0.25, -0.2) is 0 Å². The summed E-state index contributed by atoms with van der Waals surface area (Å²) >= 11 is 0. The van der Waals surface area contributed by atoms with Gasteiger partial charge in [0.2, 0.25) is 11.7 Å². The molecule has 0 bridgehead atoms. The fraction of sp³-hybridized carbons (Fsp3) is 0.429. The van der Waals surface area contributed by atoms with E-state index >= 15 is 0 Å². The molecule has 0 amide bonds. The van der Waals surface area contributed by atoms with Crippen molar-refractivity contribution in [1.82, 2.24) is 10.1 Å². The Kier molecular flexibility index (Phi) is 2.78. The number of ether oxygens (including phenoxy) is 1. The molecule has 1 atom stereocenters. The third-order valence-electron chi connectivity index (χ3n) is 3.66. The molecule has 1 heterocycles. The maximum atomic E-state index is 6.26. The normalized spacial score (nSPS) is 18.1. The zero-order valence-corrected chi connectivity index (χ0v) is 11.1. The molecule has 0 spiro atoms. The van der Waals surface area contributed by atoms with Gasteiger partial charge in [-0.15, -0.1) is 0 Å². The molecule has 1 fully saturated rings. The standard InChI is InChI=1S/C14H17N3O2/c1-14(15,10-5-6-10)13-16-12(17-19-13)9-3-7-11(18-2)8-4-9/h3-4,7-8,10H,5-6,15H2,1-2H3. The van der Waals surface area contributed by atoms with Gasteiger partial charge in [-0.05, 0) is 49.9 Å². The summed E-state index contributed by atoms with van der Waals surface area (Å²) in [5, 5.41) is 4.01. The quantitative estimate of drug-likeness (QED) is 0.912. The first kappa shape index (κ1) is 12.2. The first-order valence-corrected chi connectivity index (χ1v) is 6.39. The number of nitrogens with zero attached hydrogens (tertiary/aromatic N) is 2. The average molecular weight is 259 g/mol. The van der Waals surface area contributed by atoms with Crippen LogP contribution in [0.1, 0.15) is 25.7 Å². The molecule has 3 rings (SSSR count). The van der Waals surface area contributed by atoms with Crippen molar-refractivity contribution in [2.45, 2.75) is 25.3 Å². The van der Waals surface area contributed by atoms with Crippen molar-refractivity contribution in [2.75, 3.05) is 7.11 Å². The topological polar surface area (TPSA) is 74.2 Å². The van der Waals surface area contributed by atoms with E-state index in [1.807, 2.05) is 31.2 Å². The van der Waals surface area contributed by atoms with Crippen LogP contribution in [0, 0.1) is 5.92 Å². The number of nitrogens with two attached hydrogens (primary N) is 1. The molecule has 0 aliphatic heterocycles. The predicted molar refractivity (Wildman–Crippen MR) is 70.5 cm³/mol. The van der Waals surface area contributed by atoms with E-state index in [9.17, 15) is 0 Å². The summed E-state index contributed by atoms with van der Waals surface area (Å²) in [5.41, 5.74) is 6.64. The van der Waals surface area contributed by atoms with Gasteiger partial charge in [-0.1, -0.05) is 5.16 Å². The number of methoxy groups -OCH3 is 1. The van der Waals surface area contributed by atoms with E-state index in [-0.39, 0.29) is 0 Å². The first-order chi connectivity index (χ1) is 9.11. The highest BCUT2D eigenvalue weighted by Crippen LogP contribution is 2.43. The summed E-state index contributed by atoms with van der Waals surface area (Å²) in [4.78, 5) is 4.43. The summed E-state index contributed by atoms with van der Waals surface area (Å²) in [6.45, 7) is 1.95. The Morgan fingerprint density at radius 2 is 2.00 bits per heavy atom. The molecule has 1 aliphatic carbocycles. The molecule has 2 N–H and O–H groups in total. The second-order valence-corrected chi connectivity index (χ2v) is 5.21. The van der Waals surface area contributed by atoms with Crippen LogP contribution in [0.3, 0.4) is 0 Å². The number of hydrogen-bond acceptors (Lipinski definition) is 5. The molecule has 2 aromatic rings. The molecular formula is C14H17N3O2. The predicted octanol–water partition coefficient (Wildman–Crippen LogP) is 2.33. The van der Waals surface area contributed by atoms with E-state index in [0.717, 1.165) is 24.2 Å². The summed E-state index contributed by atoms with van der Waals surface area (Å²) in [6, 6.07) is 7.54. The third kappa shape index (κ3) is 2.21. The van der Waals surface area contributed by atoms with Gasteiger partial charge in [0.05, 0.1) is 12.6 Å². The monoisotopic (exact) mass is 259 g/mol. The number of rotatable bonds is 4. The summed E-state index contributed by atoms with van der Waals surface area (Å²) in [6.07, 6.45) is 2.26. The lowest BCUT2D eigenvalue weighted by Gasteiger charge is -2.18. The van der Waals surface area contributed by atoms with Crippen LogP contribution in [0.2, 0.25) is 0 Å². The molecule has 1 aromatic heterocycles. The van der Waals surface area contributed by atoms with Crippen molar-refractivity contribution < 1.29 is 9.26 Å². The minimum Gasteiger partial charge on any atom is -0.497 e. The molecule has 100 valence electrons. The van der Waals surface area contributed by atoms with Crippen LogP contribution in [0.15, 0.2) is 28.8 Å². The molecule has 5 heteroatoms. The van der Waals surface area contributed by atoms with Gasteiger partial charge < -0.3 is 15.0 Å². The highest BCUT2D eigenvalue weighted by molar-refractivity contribution is 5.55. The van der Waals surface area contributed by atoms with Crippen molar-refractivity contribution in [3.8, 4) is 17.1 Å². The average Bonchev–Trinajstić information content (AvgIpc) is 3.17. The Bertz CT molecular complexity index is 571. The maximum Gasteiger partial charge on any atom is 0.247 e. The van der Waals surface area contributed by atoms with Gasteiger partial charge in [-0.2, -0.15) is 4.98 Å². The van der Waals surface area contributed by atoms with Crippen molar-refractivity contribution >= 4 is 0 Å². The van der Waals surface area contributed by atoms with Gasteiger partial charge in [0.25, 0.3) is 0 Å². The second-order valence-electron chi connectivity index (χ2n) is 5.21. The van der Waals surface area contributed by atoms with Gasteiger partial charge in [-0.3, -0.25) is 0 Å². The fourth-order valence-corrected chi connectivity index (χ4v) is 2.16. The molecule has 0 saturated heterocycles. The van der Waals surface area contributed by atoms with Crippen LogP contribution in [0.5, 0.6) is 5.75 Å². The van der Waals surface area contributed by atoms with Crippen LogP contribution >= 0.6 is 0 Å². The zero-order valence-electron chi connectivity index (χ0n) is 11.1. The lowest BCUT2D eigenvalue weighted by molar-refractivity contribution is 0.273. The Morgan fingerprint density at radius 1 is 1.32 bits per heavy atom. The Hall–Kier alpha value is -1.88. The van der Waals surface area contributed by atoms with Crippen molar-refractivity contribution in [3.63, 3.8) is 0 Å². The SMILES string of the molecule is COc1ccc(-c2noc(C(C)(N)C3CC3)n2)cc1. The van der Waals surface area contributed by atoms with E-state index in [4.69, 9.17) is 15.0 Å². The van der Waals surface area contributed by atoms with Gasteiger partial charge >= 0.3 is 0 Å². The highest BCUT2D eigenvalue weighted by atomic mass is 16.5. The van der Waals surface area contributed by atoms with E-state index in [1.165, 1.54) is 0 Å². The van der Waals surface area contributed by atoms with E-state index < -0.39 is 5.54 Å². The fourth-order valence-electron chi connectivity index (χ4n) is 2.16. The Labute approximate surface area is 111 Å². The molecule has 5 nitrogen and oxygen atoms in total. The first-order valence-electron chi connectivity index (χ1n) is 6.39. The molecule has 1 aliphatic rings. The molecule has 0 radical (unpaired) electrons. The molecule has 1 saturated carbocycles. The smallest absolute Gasteiger partial charge is 0.247 e. The molecule has 1 unspecified atom stereocenters. The number of hydrogen-bond donors (Lipinski definition) is 1. The van der Waals surface area contributed by atoms with Crippen LogP contribution in [0.4, 0.5) is 0 Å². The maximum absolute atomic E-state index is 6.26. The lowest BCUT2D eigenvalue weighted by Crippen LogP contribution is -2.35. The van der Waals surface area contributed by atoms with Gasteiger partial charge in [0.15, 0.2) is 0 Å². The molecular weight excluding hydrogens is 242 g/mol. The second kappa shape index (κ2) is 4.35. The van der Waals surface area contributed by atoms with Crippen molar-refractivity contribution in [2.24, 2.45) is 11.7 Å². The highest BCUT2D eigenvalue weighted by Gasteiger charge is 2.43. The zero-order chi connectivity index (χ0) is 13.5. The van der Waals surface area contributed by atoms with E-state index in [0.29, 0.717) is 17.6 Å². The van der Waals surface area contributed by atoms with Crippen LogP contribution in [-0.2, 0) is 5.54 Å². The lowest BCUT2D eigenvalue weighted by atomic mass is 9.97. The van der Waals surface area contributed by atoms with Gasteiger partial charge in [0, 0.05) is 5.56 Å².